The van der Waals surface area contributed by atoms with Crippen molar-refractivity contribution in [1.82, 2.24) is 15.2 Å². The lowest BCUT2D eigenvalue weighted by molar-refractivity contribution is -0.122. The van der Waals surface area contributed by atoms with Crippen molar-refractivity contribution in [3.05, 3.63) is 65.5 Å². The molecule has 1 fully saturated rings. The summed E-state index contributed by atoms with van der Waals surface area (Å²) < 4.78 is 0. The first-order valence-electron chi connectivity index (χ1n) is 9.63. The number of aromatic nitrogens is 1. The molecule has 1 aromatic heterocycles. The van der Waals surface area contributed by atoms with E-state index in [4.69, 9.17) is 0 Å². The van der Waals surface area contributed by atoms with Crippen molar-refractivity contribution in [3.8, 4) is 0 Å². The highest BCUT2D eigenvalue weighted by Gasteiger charge is 2.21. The van der Waals surface area contributed by atoms with Crippen LogP contribution in [-0.4, -0.2) is 34.9 Å². The zero-order chi connectivity index (χ0) is 18.4. The molecule has 2 atom stereocenters. The number of hydrogen-bond acceptors (Lipinski definition) is 3. The largest absolute Gasteiger partial charge is 0.345 e. The summed E-state index contributed by atoms with van der Waals surface area (Å²) in [5, 5.41) is 3.22. The number of hydrogen-bond donors (Lipinski definition) is 1. The molecule has 2 heterocycles. The van der Waals surface area contributed by atoms with Gasteiger partial charge in [0, 0.05) is 31.4 Å². The van der Waals surface area contributed by atoms with E-state index in [0.717, 1.165) is 24.2 Å². The molecule has 1 aromatic carbocycles. The normalized spacial score (nSPS) is 19.1. The molecule has 4 nitrogen and oxygen atoms in total. The quantitative estimate of drug-likeness (QED) is 0.859. The van der Waals surface area contributed by atoms with Crippen LogP contribution in [0.15, 0.2) is 48.8 Å². The first-order valence-corrected chi connectivity index (χ1v) is 9.63. The number of amides is 1. The fraction of sp³-hybridized carbons (Fsp3) is 0.455. The molecule has 0 spiro atoms. The molecule has 138 valence electrons. The minimum atomic E-state index is -0.157. The average molecular weight is 351 g/mol. The number of pyridine rings is 1. The second-order valence-corrected chi connectivity index (χ2v) is 7.33. The first-order chi connectivity index (χ1) is 12.6. The van der Waals surface area contributed by atoms with E-state index in [1.54, 1.807) is 6.20 Å². The predicted molar refractivity (Wildman–Crippen MR) is 105 cm³/mol. The predicted octanol–water partition coefficient (Wildman–Crippen LogP) is 3.86. The van der Waals surface area contributed by atoms with Crippen molar-refractivity contribution in [3.63, 3.8) is 0 Å². The Kier molecular flexibility index (Phi) is 6.40. The lowest BCUT2D eigenvalue weighted by Crippen LogP contribution is -2.40. The second kappa shape index (κ2) is 8.95. The molecule has 0 bridgehead atoms. The SMILES string of the molecule is Cc1ccc([C@H](NC(=O)CCN2CCCC[C@H]2C)c2cccnc2)cc1. The topological polar surface area (TPSA) is 45.2 Å². The lowest BCUT2D eigenvalue weighted by atomic mass is 9.99. The molecule has 0 radical (unpaired) electrons. The van der Waals surface area contributed by atoms with Crippen LogP contribution in [0.2, 0.25) is 0 Å². The molecule has 1 amide bonds. The van der Waals surface area contributed by atoms with Gasteiger partial charge in [-0.15, -0.1) is 0 Å². The summed E-state index contributed by atoms with van der Waals surface area (Å²) in [7, 11) is 0. The van der Waals surface area contributed by atoms with Crippen molar-refractivity contribution in [2.45, 2.75) is 51.6 Å². The van der Waals surface area contributed by atoms with Crippen LogP contribution in [0.25, 0.3) is 0 Å². The zero-order valence-electron chi connectivity index (χ0n) is 15.8. The highest BCUT2D eigenvalue weighted by atomic mass is 16.1. The number of carbonyl (C=O) groups is 1. The van der Waals surface area contributed by atoms with Crippen LogP contribution in [0.3, 0.4) is 0 Å². The Hall–Kier alpha value is -2.20. The molecule has 1 aliphatic rings. The fourth-order valence-electron chi connectivity index (χ4n) is 3.63. The number of rotatable bonds is 6. The van der Waals surface area contributed by atoms with Crippen molar-refractivity contribution in [2.75, 3.05) is 13.1 Å². The van der Waals surface area contributed by atoms with Gasteiger partial charge in [-0.05, 0) is 50.4 Å². The van der Waals surface area contributed by atoms with Crippen LogP contribution >= 0.6 is 0 Å². The van der Waals surface area contributed by atoms with Crippen LogP contribution in [-0.2, 0) is 4.79 Å². The van der Waals surface area contributed by atoms with E-state index >= 15 is 0 Å². The zero-order valence-corrected chi connectivity index (χ0v) is 15.8. The van der Waals surface area contributed by atoms with Gasteiger partial charge in [-0.2, -0.15) is 0 Å². The van der Waals surface area contributed by atoms with E-state index in [0.29, 0.717) is 12.5 Å². The first kappa shape index (κ1) is 18.6. The van der Waals surface area contributed by atoms with Crippen molar-refractivity contribution < 1.29 is 4.79 Å². The molecule has 1 N–H and O–H groups in total. The van der Waals surface area contributed by atoms with E-state index in [-0.39, 0.29) is 11.9 Å². The van der Waals surface area contributed by atoms with E-state index < -0.39 is 0 Å². The number of nitrogens with one attached hydrogen (secondary N) is 1. The minimum absolute atomic E-state index is 0.0946. The Morgan fingerprint density at radius 1 is 1.23 bits per heavy atom. The van der Waals surface area contributed by atoms with Gasteiger partial charge in [0.15, 0.2) is 0 Å². The Morgan fingerprint density at radius 2 is 2.04 bits per heavy atom. The molecule has 2 aromatic rings. The van der Waals surface area contributed by atoms with Gasteiger partial charge in [0.2, 0.25) is 5.91 Å². The number of aryl methyl sites for hydroxylation is 1. The van der Waals surface area contributed by atoms with Gasteiger partial charge in [0.25, 0.3) is 0 Å². The molecule has 0 unspecified atom stereocenters. The van der Waals surface area contributed by atoms with E-state index in [1.807, 2.05) is 18.3 Å². The number of likely N-dealkylation sites (tertiary alicyclic amines) is 1. The minimum Gasteiger partial charge on any atom is -0.345 e. The molecule has 0 aliphatic carbocycles. The summed E-state index contributed by atoms with van der Waals surface area (Å²) in [4.78, 5) is 19.3. The van der Waals surface area contributed by atoms with Gasteiger partial charge in [0.1, 0.15) is 0 Å². The summed E-state index contributed by atoms with van der Waals surface area (Å²) in [5.74, 6) is 0.0946. The Balaban J connectivity index is 1.67. The van der Waals surface area contributed by atoms with Gasteiger partial charge >= 0.3 is 0 Å². The highest BCUT2D eigenvalue weighted by molar-refractivity contribution is 5.77. The maximum Gasteiger partial charge on any atom is 0.222 e. The standard InChI is InChI=1S/C22H29N3O/c1-17-8-10-19(11-9-17)22(20-7-5-13-23-16-20)24-21(26)12-15-25-14-4-3-6-18(25)2/h5,7-11,13,16,18,22H,3-4,6,12,14-15H2,1-2H3,(H,24,26)/t18-,22+/m1/s1. The number of piperidine rings is 1. The molecule has 26 heavy (non-hydrogen) atoms. The van der Waals surface area contributed by atoms with E-state index in [1.165, 1.54) is 24.8 Å². The molecule has 0 saturated carbocycles. The van der Waals surface area contributed by atoms with Crippen LogP contribution in [0.4, 0.5) is 0 Å². The number of benzene rings is 1. The number of nitrogens with zero attached hydrogens (tertiary/aromatic N) is 2. The number of carbonyl (C=O) groups excluding carboxylic acids is 1. The van der Waals surface area contributed by atoms with Crippen LogP contribution in [0.1, 0.15) is 55.3 Å². The van der Waals surface area contributed by atoms with Crippen molar-refractivity contribution >= 4 is 5.91 Å². The van der Waals surface area contributed by atoms with Crippen LogP contribution in [0.5, 0.6) is 0 Å². The van der Waals surface area contributed by atoms with E-state index in [2.05, 4.69) is 53.3 Å². The van der Waals surface area contributed by atoms with Gasteiger partial charge < -0.3 is 10.2 Å². The van der Waals surface area contributed by atoms with E-state index in [9.17, 15) is 4.79 Å². The third-order valence-corrected chi connectivity index (χ3v) is 5.30. The Labute approximate surface area is 156 Å². The summed E-state index contributed by atoms with van der Waals surface area (Å²) in [6.07, 6.45) is 7.91. The van der Waals surface area contributed by atoms with Crippen LogP contribution < -0.4 is 5.32 Å². The van der Waals surface area contributed by atoms with Gasteiger partial charge in [-0.25, -0.2) is 0 Å². The maximum absolute atomic E-state index is 12.7. The second-order valence-electron chi connectivity index (χ2n) is 7.33. The Bertz CT molecular complexity index is 699. The fourth-order valence-corrected chi connectivity index (χ4v) is 3.63. The van der Waals surface area contributed by atoms with Gasteiger partial charge in [-0.3, -0.25) is 9.78 Å². The van der Waals surface area contributed by atoms with Gasteiger partial charge in [-0.1, -0.05) is 42.3 Å². The molecule has 1 aliphatic heterocycles. The summed E-state index contributed by atoms with van der Waals surface area (Å²) in [6, 6.07) is 12.7. The molecule has 1 saturated heterocycles. The van der Waals surface area contributed by atoms with Gasteiger partial charge in [0.05, 0.1) is 6.04 Å². The summed E-state index contributed by atoms with van der Waals surface area (Å²) >= 11 is 0. The average Bonchev–Trinajstić information content (AvgIpc) is 2.67. The highest BCUT2D eigenvalue weighted by Crippen LogP contribution is 2.22. The molecule has 3 rings (SSSR count). The lowest BCUT2D eigenvalue weighted by Gasteiger charge is -2.33. The molecular weight excluding hydrogens is 322 g/mol. The molecule has 4 heteroatoms. The van der Waals surface area contributed by atoms with Crippen molar-refractivity contribution in [2.24, 2.45) is 0 Å². The monoisotopic (exact) mass is 351 g/mol. The third-order valence-electron chi connectivity index (χ3n) is 5.30. The maximum atomic E-state index is 12.7. The molecular formula is C22H29N3O. The summed E-state index contributed by atoms with van der Waals surface area (Å²) in [5.41, 5.74) is 3.31. The summed E-state index contributed by atoms with van der Waals surface area (Å²) in [6.45, 7) is 6.28. The smallest absolute Gasteiger partial charge is 0.222 e. The third kappa shape index (κ3) is 4.92. The Morgan fingerprint density at radius 3 is 2.73 bits per heavy atom. The van der Waals surface area contributed by atoms with Crippen molar-refractivity contribution in [1.29, 1.82) is 0 Å². The van der Waals surface area contributed by atoms with Crippen LogP contribution in [0, 0.1) is 6.92 Å².